The number of methoxy groups -OCH3 is 1. The Labute approximate surface area is 176 Å². The molecule has 0 unspecified atom stereocenters. The number of halogens is 2. The van der Waals surface area contributed by atoms with Gasteiger partial charge in [-0.2, -0.15) is 0 Å². The van der Waals surface area contributed by atoms with Crippen LogP contribution in [0.25, 0.3) is 11.6 Å². The molecule has 0 spiro atoms. The molecule has 136 valence electrons. The minimum Gasteiger partial charge on any atom is -0.495 e. The van der Waals surface area contributed by atoms with Crippen LogP contribution < -0.4 is 10.1 Å². The molecule has 2 aromatic rings. The molecule has 1 amide bonds. The minimum atomic E-state index is -0.0654. The molecule has 0 fully saturated rings. The van der Waals surface area contributed by atoms with Gasteiger partial charge in [0.05, 0.1) is 10.7 Å². The molecule has 1 heterocycles. The van der Waals surface area contributed by atoms with E-state index in [9.17, 15) is 4.79 Å². The molecule has 0 aromatic heterocycles. The second-order valence-corrected chi connectivity index (χ2v) is 9.46. The number of nitrogens with one attached hydrogen (secondary N) is 1. The third-order valence-electron chi connectivity index (χ3n) is 4.55. The highest BCUT2D eigenvalue weighted by Crippen LogP contribution is 2.40. The Hall–Kier alpha value is -1.34. The number of hydrogen-bond donors (Lipinski definition) is 1. The average molecular weight is 526 g/mol. The van der Waals surface area contributed by atoms with Crippen LogP contribution in [0.2, 0.25) is 0 Å². The summed E-state index contributed by atoms with van der Waals surface area (Å²) in [6.07, 6.45) is 1.97. The topological polar surface area (TPSA) is 38.3 Å². The summed E-state index contributed by atoms with van der Waals surface area (Å²) in [6.45, 7) is 8.51. The fourth-order valence-electron chi connectivity index (χ4n) is 3.21. The van der Waals surface area contributed by atoms with Gasteiger partial charge in [0.15, 0.2) is 0 Å². The van der Waals surface area contributed by atoms with E-state index in [0.717, 1.165) is 41.7 Å². The standard InChI is InChI=1S/C21H21BrINO2/c1-11-15(22)6-7-17-18(11)13(20(25)24-17)8-12-9-14(21(2,3)4)19(26-5)16(23)10-12/h6-10H,1-5H3,(H,24,25). The largest absolute Gasteiger partial charge is 0.495 e. The Balaban J connectivity index is 2.20. The summed E-state index contributed by atoms with van der Waals surface area (Å²) in [6, 6.07) is 8.07. The van der Waals surface area contributed by atoms with Crippen molar-refractivity contribution in [3.8, 4) is 5.75 Å². The molecular formula is C21H21BrINO2. The van der Waals surface area contributed by atoms with Gasteiger partial charge in [-0.1, -0.05) is 36.7 Å². The molecule has 26 heavy (non-hydrogen) atoms. The van der Waals surface area contributed by atoms with Crippen LogP contribution in [0.1, 0.15) is 43.0 Å². The quantitative estimate of drug-likeness (QED) is 0.376. The highest BCUT2D eigenvalue weighted by molar-refractivity contribution is 14.1. The van der Waals surface area contributed by atoms with Crippen molar-refractivity contribution in [2.24, 2.45) is 0 Å². The lowest BCUT2D eigenvalue weighted by Gasteiger charge is -2.23. The number of hydrogen-bond acceptors (Lipinski definition) is 2. The summed E-state index contributed by atoms with van der Waals surface area (Å²) in [5, 5.41) is 2.96. The van der Waals surface area contributed by atoms with Gasteiger partial charge in [0, 0.05) is 26.9 Å². The maximum absolute atomic E-state index is 12.6. The van der Waals surface area contributed by atoms with Crippen molar-refractivity contribution >= 4 is 61.8 Å². The van der Waals surface area contributed by atoms with Gasteiger partial charge in [0.25, 0.3) is 5.91 Å². The number of carbonyl (C=O) groups is 1. The Morgan fingerprint density at radius 1 is 1.23 bits per heavy atom. The summed E-state index contributed by atoms with van der Waals surface area (Å²) in [5.41, 5.74) is 5.65. The second kappa shape index (κ2) is 7.00. The molecule has 5 heteroatoms. The van der Waals surface area contributed by atoms with E-state index in [2.05, 4.69) is 76.7 Å². The molecule has 0 atom stereocenters. The van der Waals surface area contributed by atoms with E-state index in [4.69, 9.17) is 4.74 Å². The lowest BCUT2D eigenvalue weighted by Crippen LogP contribution is -2.14. The average Bonchev–Trinajstić information content (AvgIpc) is 2.86. The summed E-state index contributed by atoms with van der Waals surface area (Å²) in [7, 11) is 1.70. The van der Waals surface area contributed by atoms with Crippen molar-refractivity contribution in [3.63, 3.8) is 0 Å². The van der Waals surface area contributed by atoms with Crippen molar-refractivity contribution in [1.82, 2.24) is 0 Å². The maximum Gasteiger partial charge on any atom is 0.256 e. The third-order valence-corrected chi connectivity index (χ3v) is 6.21. The predicted octanol–water partition coefficient (Wildman–Crippen LogP) is 6.16. The predicted molar refractivity (Wildman–Crippen MR) is 120 cm³/mol. The van der Waals surface area contributed by atoms with Gasteiger partial charge in [-0.25, -0.2) is 0 Å². The molecule has 0 saturated heterocycles. The number of rotatable bonds is 2. The summed E-state index contributed by atoms with van der Waals surface area (Å²) < 4.78 is 7.66. The van der Waals surface area contributed by atoms with Crippen molar-refractivity contribution < 1.29 is 9.53 Å². The number of anilines is 1. The van der Waals surface area contributed by atoms with Crippen LogP contribution >= 0.6 is 38.5 Å². The zero-order valence-corrected chi connectivity index (χ0v) is 19.2. The van der Waals surface area contributed by atoms with Gasteiger partial charge >= 0.3 is 0 Å². The molecule has 1 aliphatic rings. The third kappa shape index (κ3) is 3.43. The van der Waals surface area contributed by atoms with Crippen LogP contribution in [0.5, 0.6) is 5.75 Å². The molecular weight excluding hydrogens is 505 g/mol. The summed E-state index contributed by atoms with van der Waals surface area (Å²) in [4.78, 5) is 12.6. The highest BCUT2D eigenvalue weighted by Gasteiger charge is 2.27. The summed E-state index contributed by atoms with van der Waals surface area (Å²) in [5.74, 6) is 0.833. The number of ether oxygens (including phenoxy) is 1. The van der Waals surface area contributed by atoms with Gasteiger partial charge < -0.3 is 10.1 Å². The number of carbonyl (C=O) groups excluding carboxylic acids is 1. The fraction of sp³-hybridized carbons (Fsp3) is 0.286. The molecule has 1 N–H and O–H groups in total. The molecule has 1 aliphatic heterocycles. The smallest absolute Gasteiger partial charge is 0.256 e. The monoisotopic (exact) mass is 525 g/mol. The SMILES string of the molecule is COc1c(I)cc(C=C2C(=O)Nc3ccc(Br)c(C)c32)cc1C(C)(C)C. The Morgan fingerprint density at radius 3 is 2.54 bits per heavy atom. The van der Waals surface area contributed by atoms with Crippen LogP contribution in [0, 0.1) is 10.5 Å². The molecule has 0 radical (unpaired) electrons. The second-order valence-electron chi connectivity index (χ2n) is 7.44. The van der Waals surface area contributed by atoms with E-state index in [-0.39, 0.29) is 11.3 Å². The Kier molecular flexibility index (Phi) is 5.23. The Morgan fingerprint density at radius 2 is 1.92 bits per heavy atom. The van der Waals surface area contributed by atoms with Crippen LogP contribution in [0.15, 0.2) is 28.7 Å². The lowest BCUT2D eigenvalue weighted by atomic mass is 9.85. The van der Waals surface area contributed by atoms with Crippen molar-refractivity contribution in [2.45, 2.75) is 33.1 Å². The van der Waals surface area contributed by atoms with Gasteiger partial charge in [-0.05, 0) is 76.4 Å². The molecule has 3 rings (SSSR count). The van der Waals surface area contributed by atoms with Crippen LogP contribution in [-0.2, 0) is 10.2 Å². The normalized spacial score (nSPS) is 15.2. The fourth-order valence-corrected chi connectivity index (χ4v) is 4.41. The first kappa shape index (κ1) is 19.4. The molecule has 0 saturated carbocycles. The zero-order chi connectivity index (χ0) is 19.2. The van der Waals surface area contributed by atoms with E-state index in [1.165, 1.54) is 0 Å². The van der Waals surface area contributed by atoms with E-state index in [1.54, 1.807) is 7.11 Å². The molecule has 2 aromatic carbocycles. The van der Waals surface area contributed by atoms with Crippen LogP contribution in [0.4, 0.5) is 5.69 Å². The number of amides is 1. The minimum absolute atomic E-state index is 0.0609. The van der Waals surface area contributed by atoms with Gasteiger partial charge in [0.1, 0.15) is 5.75 Å². The van der Waals surface area contributed by atoms with E-state index in [1.807, 2.05) is 25.1 Å². The first-order valence-corrected chi connectivity index (χ1v) is 10.2. The molecule has 3 nitrogen and oxygen atoms in total. The number of benzene rings is 2. The van der Waals surface area contributed by atoms with Gasteiger partial charge in [-0.3, -0.25) is 4.79 Å². The molecule has 0 aliphatic carbocycles. The lowest BCUT2D eigenvalue weighted by molar-refractivity contribution is -0.110. The van der Waals surface area contributed by atoms with Gasteiger partial charge in [-0.15, -0.1) is 0 Å². The van der Waals surface area contributed by atoms with Crippen LogP contribution in [-0.4, -0.2) is 13.0 Å². The van der Waals surface area contributed by atoms with Crippen LogP contribution in [0.3, 0.4) is 0 Å². The number of fused-ring (bicyclic) bond motifs is 1. The van der Waals surface area contributed by atoms with Crippen molar-refractivity contribution in [3.05, 3.63) is 54.6 Å². The molecule has 0 bridgehead atoms. The maximum atomic E-state index is 12.6. The van der Waals surface area contributed by atoms with E-state index < -0.39 is 0 Å². The first-order chi connectivity index (χ1) is 12.1. The van der Waals surface area contributed by atoms with Crippen molar-refractivity contribution in [2.75, 3.05) is 12.4 Å². The van der Waals surface area contributed by atoms with E-state index in [0.29, 0.717) is 5.57 Å². The summed E-state index contributed by atoms with van der Waals surface area (Å²) >= 11 is 5.86. The van der Waals surface area contributed by atoms with E-state index >= 15 is 0 Å². The highest BCUT2D eigenvalue weighted by atomic mass is 127. The van der Waals surface area contributed by atoms with Gasteiger partial charge in [0.2, 0.25) is 0 Å². The zero-order valence-electron chi connectivity index (χ0n) is 15.5. The first-order valence-electron chi connectivity index (χ1n) is 8.34. The van der Waals surface area contributed by atoms with Crippen molar-refractivity contribution in [1.29, 1.82) is 0 Å². The Bertz CT molecular complexity index is 942.